The Morgan fingerprint density at radius 3 is 3.36 bits per heavy atom. The summed E-state index contributed by atoms with van der Waals surface area (Å²) in [6.07, 6.45) is 5.48. The molecule has 2 bridgehead atoms. The highest BCUT2D eigenvalue weighted by atomic mass is 16.7. The van der Waals surface area contributed by atoms with Crippen LogP contribution >= 0.6 is 0 Å². The number of hydrogen-bond donors (Lipinski definition) is 0. The Kier molecular flexibility index (Phi) is 1.56. The number of nitrogens with zero attached hydrogens (tertiary/aromatic N) is 1. The van der Waals surface area contributed by atoms with Gasteiger partial charge in [0.15, 0.2) is 5.72 Å². The molecule has 3 aliphatic heterocycles. The lowest BCUT2D eigenvalue weighted by molar-refractivity contribution is -0.260. The van der Waals surface area contributed by atoms with Gasteiger partial charge in [-0.1, -0.05) is 13.0 Å². The molecule has 0 N–H and O–H groups in total. The van der Waals surface area contributed by atoms with Crippen LogP contribution in [0.15, 0.2) is 12.2 Å². The number of rotatable bonds is 1. The second kappa shape index (κ2) is 2.58. The van der Waals surface area contributed by atoms with Crippen molar-refractivity contribution < 1.29 is 14.4 Å². The predicted molar refractivity (Wildman–Crippen MR) is 47.9 cm³/mol. The molecule has 14 heavy (non-hydrogen) atoms. The van der Waals surface area contributed by atoms with Gasteiger partial charge in [0.1, 0.15) is 0 Å². The van der Waals surface area contributed by atoms with Gasteiger partial charge in [0.05, 0.1) is 18.6 Å². The molecule has 2 saturated heterocycles. The highest BCUT2D eigenvalue weighted by Gasteiger charge is 2.56. The standard InChI is InChI=1S/C10H13NO3/c1-2-7-8-3-4-10(14-8)5-6-13-11(10)9(7)12/h3-4,7-8H,2,5-6H2,1H3/t7-,8+,10+/m0/s1. The predicted octanol–water partition coefficient (Wildman–Crippen LogP) is 0.841. The van der Waals surface area contributed by atoms with E-state index in [1.54, 1.807) is 0 Å². The second-order valence-electron chi connectivity index (χ2n) is 4.02. The van der Waals surface area contributed by atoms with Gasteiger partial charge in [-0.15, -0.1) is 0 Å². The van der Waals surface area contributed by atoms with E-state index in [4.69, 9.17) is 9.57 Å². The molecule has 1 amide bonds. The Hall–Kier alpha value is -0.870. The van der Waals surface area contributed by atoms with Crippen LogP contribution in [0.3, 0.4) is 0 Å². The van der Waals surface area contributed by atoms with Crippen LogP contribution in [0.25, 0.3) is 0 Å². The van der Waals surface area contributed by atoms with Crippen molar-refractivity contribution in [2.24, 2.45) is 5.92 Å². The lowest BCUT2D eigenvalue weighted by Crippen LogP contribution is -2.55. The Morgan fingerprint density at radius 2 is 2.57 bits per heavy atom. The average molecular weight is 195 g/mol. The van der Waals surface area contributed by atoms with Gasteiger partial charge >= 0.3 is 0 Å². The monoisotopic (exact) mass is 195 g/mol. The summed E-state index contributed by atoms with van der Waals surface area (Å²) in [5, 5.41) is 1.43. The normalized spacial score (nSPS) is 44.6. The topological polar surface area (TPSA) is 38.8 Å². The Bertz CT molecular complexity index is 314. The van der Waals surface area contributed by atoms with Gasteiger partial charge in [-0.2, -0.15) is 5.06 Å². The first-order valence-corrected chi connectivity index (χ1v) is 5.11. The molecule has 3 rings (SSSR count). The van der Waals surface area contributed by atoms with Gasteiger partial charge in [-0.05, 0) is 12.5 Å². The van der Waals surface area contributed by atoms with Gasteiger partial charge in [-0.3, -0.25) is 9.63 Å². The Balaban J connectivity index is 2.01. The van der Waals surface area contributed by atoms with Crippen LogP contribution in [0.2, 0.25) is 0 Å². The van der Waals surface area contributed by atoms with Gasteiger partial charge in [-0.25, -0.2) is 0 Å². The zero-order chi connectivity index (χ0) is 9.76. The third-order valence-electron chi connectivity index (χ3n) is 3.26. The summed E-state index contributed by atoms with van der Waals surface area (Å²) >= 11 is 0. The maximum atomic E-state index is 12.0. The third-order valence-corrected chi connectivity index (χ3v) is 3.26. The van der Waals surface area contributed by atoms with Crippen LogP contribution in [0.1, 0.15) is 19.8 Å². The number of hydroxylamine groups is 2. The van der Waals surface area contributed by atoms with Gasteiger partial charge in [0.2, 0.25) is 0 Å². The summed E-state index contributed by atoms with van der Waals surface area (Å²) < 4.78 is 5.85. The fourth-order valence-corrected chi connectivity index (χ4v) is 2.48. The molecule has 2 fully saturated rings. The molecule has 0 aromatic rings. The molecule has 0 saturated carbocycles. The summed E-state index contributed by atoms with van der Waals surface area (Å²) in [4.78, 5) is 17.3. The quantitative estimate of drug-likeness (QED) is 0.582. The smallest absolute Gasteiger partial charge is 0.255 e. The average Bonchev–Trinajstić information content (AvgIpc) is 2.75. The number of fused-ring (bicyclic) bond motifs is 1. The molecule has 0 aromatic carbocycles. The van der Waals surface area contributed by atoms with Crippen LogP contribution in [-0.2, 0) is 14.4 Å². The van der Waals surface area contributed by atoms with Crippen molar-refractivity contribution in [2.75, 3.05) is 6.61 Å². The minimum Gasteiger partial charge on any atom is -0.341 e. The van der Waals surface area contributed by atoms with Crippen LogP contribution in [0.4, 0.5) is 0 Å². The van der Waals surface area contributed by atoms with E-state index in [1.165, 1.54) is 5.06 Å². The summed E-state index contributed by atoms with van der Waals surface area (Å²) in [5.74, 6) is 0.00576. The van der Waals surface area contributed by atoms with E-state index in [-0.39, 0.29) is 17.9 Å². The minimum atomic E-state index is -0.562. The summed E-state index contributed by atoms with van der Waals surface area (Å²) in [5.41, 5.74) is -0.562. The highest BCUT2D eigenvalue weighted by Crippen LogP contribution is 2.43. The lowest BCUT2D eigenvalue weighted by Gasteiger charge is -2.39. The molecular weight excluding hydrogens is 182 g/mol. The largest absolute Gasteiger partial charge is 0.341 e. The minimum absolute atomic E-state index is 0.0366. The zero-order valence-corrected chi connectivity index (χ0v) is 8.10. The van der Waals surface area contributed by atoms with Crippen molar-refractivity contribution in [1.82, 2.24) is 5.06 Å². The molecule has 3 aliphatic rings. The maximum Gasteiger partial charge on any atom is 0.255 e. The van der Waals surface area contributed by atoms with Crippen molar-refractivity contribution in [2.45, 2.75) is 31.6 Å². The second-order valence-corrected chi connectivity index (χ2v) is 4.02. The molecule has 0 radical (unpaired) electrons. The summed E-state index contributed by atoms with van der Waals surface area (Å²) in [6.45, 7) is 2.57. The fourth-order valence-electron chi connectivity index (χ4n) is 2.48. The Morgan fingerprint density at radius 1 is 1.71 bits per heavy atom. The fraction of sp³-hybridized carbons (Fsp3) is 0.700. The van der Waals surface area contributed by atoms with Crippen LogP contribution in [0.5, 0.6) is 0 Å². The van der Waals surface area contributed by atoms with Gasteiger partial charge < -0.3 is 4.74 Å². The SMILES string of the molecule is CC[C@@H]1C(=O)N2OCC[C@]23C=C[C@H]1O3. The van der Waals surface area contributed by atoms with E-state index in [0.29, 0.717) is 6.61 Å². The number of ether oxygens (including phenoxy) is 1. The van der Waals surface area contributed by atoms with E-state index in [9.17, 15) is 4.79 Å². The number of amides is 1. The molecule has 4 nitrogen and oxygen atoms in total. The van der Waals surface area contributed by atoms with E-state index in [0.717, 1.165) is 12.8 Å². The molecule has 0 unspecified atom stereocenters. The van der Waals surface area contributed by atoms with Crippen molar-refractivity contribution in [3.05, 3.63) is 12.2 Å². The van der Waals surface area contributed by atoms with Gasteiger partial charge in [0, 0.05) is 6.42 Å². The van der Waals surface area contributed by atoms with Gasteiger partial charge in [0.25, 0.3) is 5.91 Å². The van der Waals surface area contributed by atoms with Crippen molar-refractivity contribution in [3.63, 3.8) is 0 Å². The number of carbonyl (C=O) groups is 1. The number of carbonyl (C=O) groups excluding carboxylic acids is 1. The highest BCUT2D eigenvalue weighted by molar-refractivity contribution is 5.81. The van der Waals surface area contributed by atoms with E-state index in [1.807, 2.05) is 19.1 Å². The first-order chi connectivity index (χ1) is 6.77. The lowest BCUT2D eigenvalue weighted by atomic mass is 9.97. The van der Waals surface area contributed by atoms with Crippen LogP contribution < -0.4 is 0 Å². The summed E-state index contributed by atoms with van der Waals surface area (Å²) in [7, 11) is 0. The van der Waals surface area contributed by atoms with Crippen LogP contribution in [0, 0.1) is 5.92 Å². The van der Waals surface area contributed by atoms with Crippen molar-refractivity contribution >= 4 is 5.91 Å². The Labute approximate surface area is 82.4 Å². The van der Waals surface area contributed by atoms with E-state index < -0.39 is 5.72 Å². The van der Waals surface area contributed by atoms with Crippen LogP contribution in [-0.4, -0.2) is 29.4 Å². The van der Waals surface area contributed by atoms with Crippen molar-refractivity contribution in [1.29, 1.82) is 0 Å². The number of hydrogen-bond acceptors (Lipinski definition) is 3. The summed E-state index contributed by atoms with van der Waals surface area (Å²) in [6, 6.07) is 0. The molecule has 3 atom stereocenters. The van der Waals surface area contributed by atoms with E-state index >= 15 is 0 Å². The maximum absolute atomic E-state index is 12.0. The van der Waals surface area contributed by atoms with Crippen molar-refractivity contribution in [3.8, 4) is 0 Å². The first kappa shape index (κ1) is 8.44. The molecular formula is C10H13NO3. The zero-order valence-electron chi connectivity index (χ0n) is 8.10. The molecule has 76 valence electrons. The van der Waals surface area contributed by atoms with E-state index in [2.05, 4.69) is 0 Å². The third kappa shape index (κ3) is 0.828. The molecule has 0 aliphatic carbocycles. The first-order valence-electron chi connectivity index (χ1n) is 5.11. The molecule has 3 heterocycles. The molecule has 4 heteroatoms. The molecule has 1 spiro atoms. The molecule has 0 aromatic heterocycles.